The van der Waals surface area contributed by atoms with Crippen LogP contribution in [-0.4, -0.2) is 24.8 Å². The zero-order chi connectivity index (χ0) is 12.0. The summed E-state index contributed by atoms with van der Waals surface area (Å²) in [4.78, 5) is 0. The summed E-state index contributed by atoms with van der Waals surface area (Å²) < 4.78 is 0. The molecule has 0 bridgehead atoms. The molecule has 0 aromatic heterocycles. The van der Waals surface area contributed by atoms with E-state index in [9.17, 15) is 0 Å². The molecule has 0 unspecified atom stereocenters. The van der Waals surface area contributed by atoms with Crippen LogP contribution in [-0.2, 0) is 0 Å². The highest BCUT2D eigenvalue weighted by Gasteiger charge is 2.42. The van der Waals surface area contributed by atoms with Crippen LogP contribution in [0.5, 0.6) is 0 Å². The zero-order valence-corrected chi connectivity index (χ0v) is 10.7. The number of nitrogens with zero attached hydrogens (tertiary/aromatic N) is 2. The molecule has 0 spiro atoms. The molecule has 1 aliphatic carbocycles. The van der Waals surface area contributed by atoms with E-state index in [0.717, 1.165) is 25.9 Å². The molecule has 2 N–H and O–H groups in total. The molecule has 3 nitrogen and oxygen atoms in total. The van der Waals surface area contributed by atoms with Gasteiger partial charge in [0.15, 0.2) is 0 Å². The maximum atomic E-state index is 5.55. The molecule has 0 heterocycles. The highest BCUT2D eigenvalue weighted by atomic mass is 15.5. The Morgan fingerprint density at radius 2 is 2.25 bits per heavy atom. The Labute approximate surface area is 99.4 Å². The second-order valence-corrected chi connectivity index (χ2v) is 4.72. The summed E-state index contributed by atoms with van der Waals surface area (Å²) >= 11 is 0. The lowest BCUT2D eigenvalue weighted by Crippen LogP contribution is -2.25. The van der Waals surface area contributed by atoms with Crippen molar-refractivity contribution in [3.63, 3.8) is 0 Å². The number of hydrazone groups is 1. The van der Waals surface area contributed by atoms with E-state index < -0.39 is 0 Å². The Bertz CT molecular complexity index is 254. The van der Waals surface area contributed by atoms with Gasteiger partial charge in [0.1, 0.15) is 0 Å². The number of rotatable bonds is 8. The number of hydrogen-bond donors (Lipinski definition) is 1. The molecular weight excluding hydrogens is 198 g/mol. The third-order valence-electron chi connectivity index (χ3n) is 3.66. The van der Waals surface area contributed by atoms with Gasteiger partial charge in [-0.2, -0.15) is 5.10 Å². The van der Waals surface area contributed by atoms with Gasteiger partial charge in [-0.1, -0.05) is 13.0 Å². The van der Waals surface area contributed by atoms with E-state index in [0.29, 0.717) is 5.41 Å². The first-order chi connectivity index (χ1) is 7.71. The number of allylic oxidation sites excluding steroid dienone is 2. The van der Waals surface area contributed by atoms with E-state index in [2.05, 4.69) is 36.8 Å². The highest BCUT2D eigenvalue weighted by molar-refractivity contribution is 5.24. The summed E-state index contributed by atoms with van der Waals surface area (Å²) in [5.41, 5.74) is 7.32. The summed E-state index contributed by atoms with van der Waals surface area (Å²) in [6.45, 7) is 9.78. The van der Waals surface area contributed by atoms with E-state index in [1.165, 1.54) is 25.0 Å². The summed E-state index contributed by atoms with van der Waals surface area (Å²) in [5, 5.41) is 6.24. The lowest BCUT2D eigenvalue weighted by Gasteiger charge is -2.26. The van der Waals surface area contributed by atoms with Crippen LogP contribution in [0.2, 0.25) is 0 Å². The number of nitrogens with two attached hydrogens (primary N) is 1. The third-order valence-corrected chi connectivity index (χ3v) is 3.66. The van der Waals surface area contributed by atoms with Crippen molar-refractivity contribution in [2.45, 2.75) is 46.0 Å². The minimum absolute atomic E-state index is 0.512. The van der Waals surface area contributed by atoms with Crippen LogP contribution in [0.25, 0.3) is 0 Å². The molecule has 0 aromatic carbocycles. The highest BCUT2D eigenvalue weighted by Crippen LogP contribution is 2.49. The first-order valence-corrected chi connectivity index (χ1v) is 6.31. The summed E-state index contributed by atoms with van der Waals surface area (Å²) in [6, 6.07) is 0. The van der Waals surface area contributed by atoms with Gasteiger partial charge in [-0.3, -0.25) is 5.01 Å². The second kappa shape index (κ2) is 6.04. The maximum absolute atomic E-state index is 5.55. The fraction of sp³-hybridized carbons (Fsp3) is 0.769. The van der Waals surface area contributed by atoms with Gasteiger partial charge in [0, 0.05) is 19.0 Å². The van der Waals surface area contributed by atoms with Gasteiger partial charge < -0.3 is 5.73 Å². The first kappa shape index (κ1) is 13.2. The predicted molar refractivity (Wildman–Crippen MR) is 70.3 cm³/mol. The monoisotopic (exact) mass is 223 g/mol. The van der Waals surface area contributed by atoms with Crippen molar-refractivity contribution < 1.29 is 0 Å². The van der Waals surface area contributed by atoms with Gasteiger partial charge in [-0.25, -0.2) is 0 Å². The van der Waals surface area contributed by atoms with Crippen LogP contribution in [0, 0.1) is 5.41 Å². The Balaban J connectivity index is 2.54. The molecule has 1 rings (SSSR count). The van der Waals surface area contributed by atoms with Crippen LogP contribution in [0.4, 0.5) is 0 Å². The van der Waals surface area contributed by atoms with Crippen LogP contribution in [0.3, 0.4) is 0 Å². The van der Waals surface area contributed by atoms with Crippen molar-refractivity contribution >= 4 is 6.72 Å². The van der Waals surface area contributed by atoms with Crippen molar-refractivity contribution in [3.8, 4) is 0 Å². The first-order valence-electron chi connectivity index (χ1n) is 6.31. The summed E-state index contributed by atoms with van der Waals surface area (Å²) in [5.74, 6) is 0. The van der Waals surface area contributed by atoms with Gasteiger partial charge in [-0.05, 0) is 51.0 Å². The molecule has 1 aliphatic rings. The van der Waals surface area contributed by atoms with Crippen molar-refractivity contribution in [1.29, 1.82) is 0 Å². The summed E-state index contributed by atoms with van der Waals surface area (Å²) in [7, 11) is 0. The Morgan fingerprint density at radius 3 is 2.62 bits per heavy atom. The largest absolute Gasteiger partial charge is 0.330 e. The molecule has 0 amide bonds. The maximum Gasteiger partial charge on any atom is 0.0468 e. The van der Waals surface area contributed by atoms with E-state index in [1.54, 1.807) is 0 Å². The molecular formula is C13H25N3. The standard InChI is InChI=1S/C13H25N3/c1-4-12(7-6-10-14)16(15-3)11-13(5-2)8-9-13/h4H,3,5-11,14H2,1-2H3/b12-4-. The van der Waals surface area contributed by atoms with E-state index in [1.807, 2.05) is 0 Å². The molecule has 0 atom stereocenters. The van der Waals surface area contributed by atoms with Gasteiger partial charge in [0.25, 0.3) is 0 Å². The Morgan fingerprint density at radius 1 is 1.56 bits per heavy atom. The van der Waals surface area contributed by atoms with Gasteiger partial charge >= 0.3 is 0 Å². The van der Waals surface area contributed by atoms with E-state index in [4.69, 9.17) is 5.73 Å². The number of hydrogen-bond acceptors (Lipinski definition) is 3. The lowest BCUT2D eigenvalue weighted by molar-refractivity contribution is 0.269. The quantitative estimate of drug-likeness (QED) is 0.508. The van der Waals surface area contributed by atoms with Gasteiger partial charge in [-0.15, -0.1) is 0 Å². The molecule has 0 radical (unpaired) electrons. The Hall–Kier alpha value is -0.830. The van der Waals surface area contributed by atoms with E-state index in [-0.39, 0.29) is 0 Å². The van der Waals surface area contributed by atoms with Crippen LogP contribution >= 0.6 is 0 Å². The lowest BCUT2D eigenvalue weighted by atomic mass is 10.0. The van der Waals surface area contributed by atoms with Crippen LogP contribution in [0.1, 0.15) is 46.0 Å². The second-order valence-electron chi connectivity index (χ2n) is 4.72. The molecule has 1 saturated carbocycles. The average Bonchev–Trinajstić information content (AvgIpc) is 3.09. The fourth-order valence-corrected chi connectivity index (χ4v) is 2.07. The average molecular weight is 223 g/mol. The molecule has 0 aromatic rings. The fourth-order valence-electron chi connectivity index (χ4n) is 2.07. The summed E-state index contributed by atoms with van der Waals surface area (Å²) in [6.07, 6.45) is 8.08. The predicted octanol–water partition coefficient (Wildman–Crippen LogP) is 2.74. The zero-order valence-electron chi connectivity index (χ0n) is 10.7. The molecule has 0 saturated heterocycles. The normalized spacial score (nSPS) is 18.3. The van der Waals surface area contributed by atoms with E-state index >= 15 is 0 Å². The minimum atomic E-state index is 0.512. The molecule has 3 heteroatoms. The molecule has 0 aliphatic heterocycles. The molecule has 16 heavy (non-hydrogen) atoms. The smallest absolute Gasteiger partial charge is 0.0468 e. The van der Waals surface area contributed by atoms with Crippen molar-refractivity contribution in [2.75, 3.05) is 13.1 Å². The van der Waals surface area contributed by atoms with Crippen LogP contribution in [0.15, 0.2) is 16.9 Å². The minimum Gasteiger partial charge on any atom is -0.330 e. The molecule has 1 fully saturated rings. The van der Waals surface area contributed by atoms with Gasteiger partial charge in [0.05, 0.1) is 0 Å². The SMILES string of the molecule is C=NN(CC1(CC)CC1)/C(=C\C)CCCN. The van der Waals surface area contributed by atoms with Crippen molar-refractivity contribution in [3.05, 3.63) is 11.8 Å². The Kier molecular flexibility index (Phi) is 5.00. The molecule has 92 valence electrons. The third kappa shape index (κ3) is 3.34. The van der Waals surface area contributed by atoms with Crippen LogP contribution < -0.4 is 5.73 Å². The van der Waals surface area contributed by atoms with Crippen molar-refractivity contribution in [2.24, 2.45) is 16.3 Å². The van der Waals surface area contributed by atoms with Crippen molar-refractivity contribution in [1.82, 2.24) is 5.01 Å². The topological polar surface area (TPSA) is 41.6 Å². The van der Waals surface area contributed by atoms with Gasteiger partial charge in [0.2, 0.25) is 0 Å².